The summed E-state index contributed by atoms with van der Waals surface area (Å²) in [7, 11) is 19.1. The van der Waals surface area contributed by atoms with Crippen LogP contribution >= 0.6 is 155 Å². The number of amides is 4. The number of hydrogen-bond acceptors (Lipinski definition) is 32. The minimum Gasteiger partial charge on any atom is -0.481 e. The minimum atomic E-state index is -0.821. The normalized spacial score (nSPS) is 12.1. The van der Waals surface area contributed by atoms with Crippen LogP contribution in [0.1, 0.15) is 102 Å². The highest BCUT2D eigenvalue weighted by Crippen LogP contribution is 2.46. The summed E-state index contributed by atoms with van der Waals surface area (Å²) in [5, 5.41) is 41.0. The molecule has 14 aromatic rings. The molecule has 0 bridgehead atoms. The van der Waals surface area contributed by atoms with E-state index in [9.17, 15) is 47.9 Å². The topological polar surface area (TPSA) is 354 Å². The first-order chi connectivity index (χ1) is 67.5. The fourth-order valence-corrected chi connectivity index (χ4v) is 23.7. The van der Waals surface area contributed by atoms with Crippen LogP contribution in [-0.2, 0) is 76.9 Å². The first-order valence-electron chi connectivity index (χ1n) is 41.9. The van der Waals surface area contributed by atoms with Gasteiger partial charge in [0.15, 0.2) is 0 Å². The summed E-state index contributed by atoms with van der Waals surface area (Å²) in [6.07, 6.45) is 11.3. The van der Waals surface area contributed by atoms with Gasteiger partial charge in [0.25, 0.3) is 23.6 Å². The van der Waals surface area contributed by atoms with Crippen LogP contribution in [0.3, 0.4) is 0 Å². The standard InChI is InChI=1S/C18H16N2O4S2.C18H15NO4S2.C14H13NO2S2.C14H12O2S2.2C10H8N2S2.C9H10O2S.C8H8O2S.CH4/c21-16-9-10-17(22)20(16)24-18(23)12-14(13-6-2-1-3-7-13)25-26-15-8-4-5-11-19-15;20-16-10-11-17(21)19(16)23-18(22)12-13-6-8-15(9-7-13)25-24-14-4-2-1-3-5-14;16-14(17)10-12(11-6-2-1-3-7-11)18-19-13-8-4-5-9-15-13;15-14(16)10-11-6-8-13(9-7-11)18-17-12-4-2-1-3-5-12;2*1-3-7-11-9(5-1)13-14-10-6-2-4-8-12-10;10-9(11)6-8(12)7-4-2-1-3-5-7;9-8(10)5-6-1-3-7(11)4-2-6;/h1-8,11,14H,9-10,12H2;1-9H,10-12H2;1-9,12H,10H2,(H,16,17);1-9H,10H2,(H,15,16);2*1-8H;1-5,8,12H,6H2,(H,10,11);1-4,11H,5H2,(H,9,10);1H4. The fraction of sp³-hybridized carbons (Fsp3) is 0.137. The third-order valence-corrected chi connectivity index (χ3v) is 32.9. The van der Waals surface area contributed by atoms with Gasteiger partial charge < -0.3 is 30.1 Å². The number of carbonyl (C=O) groups is 10. The van der Waals surface area contributed by atoms with Crippen LogP contribution in [0.2, 0.25) is 0 Å². The largest absolute Gasteiger partial charge is 0.481 e. The van der Waals surface area contributed by atoms with Gasteiger partial charge in [0.1, 0.15) is 30.2 Å². The van der Waals surface area contributed by atoms with Crippen molar-refractivity contribution in [3.63, 3.8) is 0 Å². The van der Waals surface area contributed by atoms with E-state index < -0.39 is 59.4 Å². The quantitative estimate of drug-likeness (QED) is 0.0122. The Hall–Kier alpha value is -11.3. The smallest absolute Gasteiger partial charge is 0.337 e. The molecular formula is C102H94N8O16S14. The first-order valence-corrected chi connectivity index (χ1v) is 55.9. The second-order valence-electron chi connectivity index (χ2n) is 28.1. The molecule has 4 amide bonds. The van der Waals surface area contributed by atoms with Crippen LogP contribution < -0.4 is 0 Å². The van der Waals surface area contributed by atoms with Crippen molar-refractivity contribution >= 4 is 214 Å². The summed E-state index contributed by atoms with van der Waals surface area (Å²) in [4.78, 5) is 153. The Balaban J connectivity index is 0.000000199. The van der Waals surface area contributed by atoms with E-state index >= 15 is 0 Å². The SMILES string of the molecule is C.O=C(CC(SSc1ccccn1)c1ccccc1)ON1C(=O)CCC1=O.O=C(Cc1ccc(SSc2ccccc2)cc1)ON1C(=O)CCC1=O.O=C(O)CC(S)c1ccccc1.O=C(O)CC(SSc1ccccn1)c1ccccc1.O=C(O)Cc1ccc(S)cc1.O=C(O)Cc1ccc(SSc2ccccc2)cc1.c1ccc(SSc2ccccn2)nc1.c1ccc(SSc2ccccn2)nc1. The zero-order chi connectivity index (χ0) is 98.8. The van der Waals surface area contributed by atoms with E-state index in [2.05, 4.69) is 67.3 Å². The molecule has 722 valence electrons. The maximum Gasteiger partial charge on any atom is 0.337 e. The predicted octanol–water partition coefficient (Wildman–Crippen LogP) is 26.3. The molecule has 6 aromatic heterocycles. The van der Waals surface area contributed by atoms with E-state index in [1.165, 1.54) is 53.0 Å². The highest BCUT2D eigenvalue weighted by atomic mass is 33.1. The molecule has 0 saturated carbocycles. The van der Waals surface area contributed by atoms with Gasteiger partial charge in [0.2, 0.25) is 0 Å². The molecule has 0 spiro atoms. The van der Waals surface area contributed by atoms with E-state index in [4.69, 9.17) is 30.1 Å². The van der Waals surface area contributed by atoms with E-state index in [-0.39, 0.29) is 87.4 Å². The lowest BCUT2D eigenvalue weighted by Crippen LogP contribution is -2.32. The van der Waals surface area contributed by atoms with Crippen molar-refractivity contribution < 1.29 is 78.0 Å². The number of hydrogen-bond donors (Lipinski definition) is 6. The molecule has 140 heavy (non-hydrogen) atoms. The van der Waals surface area contributed by atoms with Gasteiger partial charge in [-0.1, -0.05) is 272 Å². The van der Waals surface area contributed by atoms with Crippen LogP contribution in [0.15, 0.2) is 425 Å². The molecule has 3 unspecified atom stereocenters. The summed E-state index contributed by atoms with van der Waals surface area (Å²) in [6.45, 7) is 0. The molecule has 2 saturated heterocycles. The highest BCUT2D eigenvalue weighted by molar-refractivity contribution is 8.78. The van der Waals surface area contributed by atoms with Gasteiger partial charge in [-0.05, 0) is 232 Å². The van der Waals surface area contributed by atoms with Crippen LogP contribution in [-0.4, -0.2) is 120 Å². The van der Waals surface area contributed by atoms with E-state index in [0.717, 1.165) is 78.2 Å². The van der Waals surface area contributed by atoms with Gasteiger partial charge in [-0.25, -0.2) is 39.5 Å². The number of hydroxylamine groups is 4. The third-order valence-electron chi connectivity index (χ3n) is 17.6. The summed E-state index contributed by atoms with van der Waals surface area (Å²) < 4.78 is 0. The average Bonchev–Trinajstić information content (AvgIpc) is 1.78. The van der Waals surface area contributed by atoms with Gasteiger partial charge >= 0.3 is 35.8 Å². The maximum absolute atomic E-state index is 12.3. The van der Waals surface area contributed by atoms with Crippen LogP contribution in [0.25, 0.3) is 0 Å². The molecule has 0 radical (unpaired) electrons. The minimum absolute atomic E-state index is 0. The highest BCUT2D eigenvalue weighted by Gasteiger charge is 2.35. The van der Waals surface area contributed by atoms with Gasteiger partial charge in [-0.15, -0.1) is 22.8 Å². The molecule has 38 heteroatoms. The summed E-state index contributed by atoms with van der Waals surface area (Å²) in [5.41, 5.74) is 5.32. The van der Waals surface area contributed by atoms with Crippen molar-refractivity contribution in [1.82, 2.24) is 40.0 Å². The molecule has 16 rings (SSSR count). The number of imide groups is 2. The predicted molar refractivity (Wildman–Crippen MR) is 572 cm³/mol. The van der Waals surface area contributed by atoms with Gasteiger partial charge in [0.05, 0.1) is 49.0 Å². The molecule has 8 aromatic carbocycles. The number of carboxylic acids is 4. The number of rotatable bonds is 35. The Kier molecular flexibility index (Phi) is 54.0. The zero-order valence-electron chi connectivity index (χ0n) is 73.6. The van der Waals surface area contributed by atoms with Gasteiger partial charge in [-0.3, -0.25) is 38.4 Å². The first kappa shape index (κ1) is 114. The van der Waals surface area contributed by atoms with Crippen LogP contribution in [0.4, 0.5) is 0 Å². The fourth-order valence-electron chi connectivity index (χ4n) is 11.0. The number of pyridine rings is 6. The second-order valence-corrected chi connectivity index (χ2v) is 43.0. The summed E-state index contributed by atoms with van der Waals surface area (Å²) >= 11 is 8.25. The Morgan fingerprint density at radius 2 is 0.543 bits per heavy atom. The van der Waals surface area contributed by atoms with E-state index in [0.29, 0.717) is 10.1 Å². The molecule has 2 fully saturated rings. The lowest BCUT2D eigenvalue weighted by molar-refractivity contribution is -0.197. The molecule has 3 atom stereocenters. The van der Waals surface area contributed by atoms with Crippen molar-refractivity contribution in [1.29, 1.82) is 0 Å². The number of aliphatic carboxylic acids is 4. The molecule has 2 aliphatic heterocycles. The number of aromatic nitrogens is 6. The number of carbonyl (C=O) groups excluding carboxylic acids is 6. The molecule has 0 aliphatic carbocycles. The van der Waals surface area contributed by atoms with Crippen LogP contribution in [0.5, 0.6) is 0 Å². The number of nitrogens with zero attached hydrogens (tertiary/aromatic N) is 8. The summed E-state index contributed by atoms with van der Waals surface area (Å²) in [5.74, 6) is -6.34. The molecule has 8 heterocycles. The van der Waals surface area contributed by atoms with Crippen molar-refractivity contribution in [2.24, 2.45) is 0 Å². The zero-order valence-corrected chi connectivity index (χ0v) is 85.2. The van der Waals surface area contributed by atoms with Crippen LogP contribution in [0, 0.1) is 0 Å². The van der Waals surface area contributed by atoms with Gasteiger partial charge in [-0.2, -0.15) is 12.6 Å². The lowest BCUT2D eigenvalue weighted by atomic mass is 10.1. The Morgan fingerprint density at radius 1 is 0.286 bits per heavy atom. The van der Waals surface area contributed by atoms with Crippen molar-refractivity contribution in [3.8, 4) is 0 Å². The summed E-state index contributed by atoms with van der Waals surface area (Å²) in [6, 6.07) is 106. The molecular weight excluding hydrogens is 2040 g/mol. The Labute approximate surface area is 870 Å². The average molecular weight is 2140 g/mol. The Morgan fingerprint density at radius 3 is 0.836 bits per heavy atom. The Bertz CT molecular complexity index is 5850. The van der Waals surface area contributed by atoms with Crippen molar-refractivity contribution in [2.45, 2.75) is 142 Å². The number of benzene rings is 8. The van der Waals surface area contributed by atoms with Crippen molar-refractivity contribution in [2.75, 3.05) is 0 Å². The number of thiol groups is 2. The van der Waals surface area contributed by atoms with Gasteiger partial charge in [0, 0.05) is 92.6 Å². The van der Waals surface area contributed by atoms with Crippen molar-refractivity contribution in [3.05, 3.63) is 404 Å². The third kappa shape index (κ3) is 46.8. The second kappa shape index (κ2) is 66.4. The molecule has 2 aliphatic rings. The molecule has 24 nitrogen and oxygen atoms in total. The monoisotopic (exact) mass is 2130 g/mol. The molecule has 4 N–H and O–H groups in total. The number of carboxylic acid groups (broad SMARTS) is 4. The van der Waals surface area contributed by atoms with E-state index in [1.54, 1.807) is 148 Å². The van der Waals surface area contributed by atoms with E-state index in [1.807, 2.05) is 297 Å². The maximum atomic E-state index is 12.3. The lowest BCUT2D eigenvalue weighted by Gasteiger charge is -2.17.